The van der Waals surface area contributed by atoms with Gasteiger partial charge >= 0.3 is 0 Å². The van der Waals surface area contributed by atoms with Gasteiger partial charge in [0.25, 0.3) is 5.91 Å². The maximum atomic E-state index is 12.9. The van der Waals surface area contributed by atoms with Gasteiger partial charge in [-0.2, -0.15) is 0 Å². The number of likely N-dealkylation sites (tertiary alicyclic amines) is 1. The number of nitrogens with zero attached hydrogens (tertiary/aromatic N) is 1. The lowest BCUT2D eigenvalue weighted by Crippen LogP contribution is -2.24. The second-order valence-corrected chi connectivity index (χ2v) is 2.78. The number of halogens is 1. The number of amides is 1. The van der Waals surface area contributed by atoms with Gasteiger partial charge in [0.05, 0.1) is 0 Å². The molecule has 0 aromatic rings. The topological polar surface area (TPSA) is 46.3 Å². The van der Waals surface area contributed by atoms with Gasteiger partial charge in [-0.1, -0.05) is 0 Å². The molecule has 4 heteroatoms. The van der Waals surface area contributed by atoms with E-state index in [4.69, 9.17) is 9.85 Å². The Morgan fingerprint density at radius 3 is 3.25 bits per heavy atom. The van der Waals surface area contributed by atoms with Gasteiger partial charge < -0.3 is 5.73 Å². The first kappa shape index (κ1) is 5.70. The van der Waals surface area contributed by atoms with Gasteiger partial charge in [0.2, 0.25) is 0 Å². The molecule has 1 fully saturated rings. The van der Waals surface area contributed by atoms with E-state index in [1.54, 1.807) is 0 Å². The molecular formula is C8H13FN2O. The fourth-order valence-corrected chi connectivity index (χ4v) is 1.22. The Kier molecular flexibility index (Phi) is 1.74. The fraction of sp³-hybridized carbons (Fsp3) is 0.625. The predicted octanol–water partition coefficient (Wildman–Crippen LogP) is 0.419. The third kappa shape index (κ3) is 2.04. The van der Waals surface area contributed by atoms with Crippen molar-refractivity contribution >= 4 is 5.91 Å². The van der Waals surface area contributed by atoms with Crippen LogP contribution in [0.2, 0.25) is 0 Å². The number of nitrogens with two attached hydrogens (primary N) is 1. The minimum absolute atomic E-state index is 0.379. The summed E-state index contributed by atoms with van der Waals surface area (Å²) in [6, 6.07) is -0.565. The summed E-state index contributed by atoms with van der Waals surface area (Å²) in [7, 11) is 0. The first-order valence-corrected chi connectivity index (χ1v) is 3.76. The van der Waals surface area contributed by atoms with Crippen LogP contribution in [0.1, 0.15) is 17.0 Å². The molecule has 1 rings (SSSR count). The summed E-state index contributed by atoms with van der Waals surface area (Å²) >= 11 is 0. The second kappa shape index (κ2) is 3.67. The maximum absolute atomic E-state index is 12.9. The van der Waals surface area contributed by atoms with E-state index in [1.807, 2.05) is 0 Å². The molecule has 1 atom stereocenters. The molecule has 12 heavy (non-hydrogen) atoms. The van der Waals surface area contributed by atoms with Crippen molar-refractivity contribution in [1.82, 2.24) is 4.90 Å². The molecule has 3 nitrogen and oxygen atoms in total. The lowest BCUT2D eigenvalue weighted by atomic mass is 10.2. The molecule has 0 bridgehead atoms. The van der Waals surface area contributed by atoms with Crippen molar-refractivity contribution in [2.45, 2.75) is 18.9 Å². The van der Waals surface area contributed by atoms with Gasteiger partial charge in [0, 0.05) is 10.2 Å². The fourth-order valence-electron chi connectivity index (χ4n) is 1.22. The van der Waals surface area contributed by atoms with Crippen LogP contribution in [0.4, 0.5) is 4.39 Å². The third-order valence-corrected chi connectivity index (χ3v) is 1.87. The van der Waals surface area contributed by atoms with Crippen LogP contribution in [0.5, 0.6) is 0 Å². The van der Waals surface area contributed by atoms with Crippen molar-refractivity contribution in [3.63, 3.8) is 0 Å². The van der Waals surface area contributed by atoms with Crippen molar-refractivity contribution in [3.8, 4) is 0 Å². The first-order valence-electron chi connectivity index (χ1n) is 5.26. The number of rotatable bonds is 2. The van der Waals surface area contributed by atoms with Crippen LogP contribution in [0.15, 0.2) is 11.9 Å². The SMILES string of the molecule is [2H]C([2H])([2H])N1CCCC1C=C(F)C(N)=O. The van der Waals surface area contributed by atoms with E-state index in [0.29, 0.717) is 19.4 Å². The van der Waals surface area contributed by atoms with Crippen molar-refractivity contribution in [2.24, 2.45) is 5.73 Å². The van der Waals surface area contributed by atoms with Crippen molar-refractivity contribution in [3.05, 3.63) is 11.9 Å². The molecular weight excluding hydrogens is 159 g/mol. The lowest BCUT2D eigenvalue weighted by Gasteiger charge is -2.14. The molecule has 1 aliphatic rings. The maximum Gasteiger partial charge on any atom is 0.277 e. The average molecular weight is 175 g/mol. The molecule has 0 aromatic carbocycles. The molecule has 0 aromatic heterocycles. The Hall–Kier alpha value is -0.900. The van der Waals surface area contributed by atoms with Crippen LogP contribution in [0, 0.1) is 0 Å². The smallest absolute Gasteiger partial charge is 0.277 e. The zero-order valence-electron chi connectivity index (χ0n) is 9.59. The van der Waals surface area contributed by atoms with Gasteiger partial charge in [0.1, 0.15) is 0 Å². The summed E-state index contributed by atoms with van der Waals surface area (Å²) in [4.78, 5) is 11.7. The molecule has 0 spiro atoms. The van der Waals surface area contributed by atoms with Gasteiger partial charge in [-0.25, -0.2) is 4.39 Å². The van der Waals surface area contributed by atoms with Gasteiger partial charge in [-0.15, -0.1) is 0 Å². The van der Waals surface area contributed by atoms with Crippen LogP contribution in [0.3, 0.4) is 0 Å². The highest BCUT2D eigenvalue weighted by Crippen LogP contribution is 2.17. The van der Waals surface area contributed by atoms with E-state index in [-0.39, 0.29) is 0 Å². The molecule has 0 radical (unpaired) electrons. The number of hydrogen-bond acceptors (Lipinski definition) is 2. The summed E-state index contributed by atoms with van der Waals surface area (Å²) in [5.41, 5.74) is 4.73. The number of hydrogen-bond donors (Lipinski definition) is 1. The van der Waals surface area contributed by atoms with E-state index in [1.165, 1.54) is 4.90 Å². The van der Waals surface area contributed by atoms with E-state index in [0.717, 1.165) is 6.08 Å². The molecule has 2 N–H and O–H groups in total. The second-order valence-electron chi connectivity index (χ2n) is 2.78. The Morgan fingerprint density at radius 2 is 2.67 bits per heavy atom. The zero-order valence-corrected chi connectivity index (χ0v) is 6.59. The van der Waals surface area contributed by atoms with Gasteiger partial charge in [0.15, 0.2) is 5.83 Å². The summed E-state index contributed by atoms with van der Waals surface area (Å²) in [6.45, 7) is -1.88. The molecule has 1 amide bonds. The highest BCUT2D eigenvalue weighted by Gasteiger charge is 2.20. The van der Waals surface area contributed by atoms with Crippen molar-refractivity contribution < 1.29 is 13.3 Å². The quantitative estimate of drug-likeness (QED) is 0.618. The lowest BCUT2D eigenvalue weighted by molar-refractivity contribution is -0.115. The Balaban J connectivity index is 2.78. The first-order chi connectivity index (χ1) is 6.82. The van der Waals surface area contributed by atoms with E-state index >= 15 is 0 Å². The largest absolute Gasteiger partial charge is 0.364 e. The minimum atomic E-state index is -2.25. The minimum Gasteiger partial charge on any atom is -0.364 e. The molecule has 1 saturated heterocycles. The summed E-state index contributed by atoms with van der Waals surface area (Å²) in [5, 5.41) is 0. The zero-order chi connectivity index (χ0) is 11.6. The van der Waals surface area contributed by atoms with Crippen LogP contribution in [-0.2, 0) is 4.79 Å². The molecule has 1 unspecified atom stereocenters. The number of likely N-dealkylation sites (N-methyl/N-ethyl adjacent to an activating group) is 1. The Morgan fingerprint density at radius 1 is 1.92 bits per heavy atom. The monoisotopic (exact) mass is 175 g/mol. The van der Waals surface area contributed by atoms with E-state index in [2.05, 4.69) is 0 Å². The normalized spacial score (nSPS) is 30.9. The summed E-state index contributed by atoms with van der Waals surface area (Å²) in [6.07, 6.45) is 2.19. The van der Waals surface area contributed by atoms with E-state index in [9.17, 15) is 9.18 Å². The van der Waals surface area contributed by atoms with E-state index < -0.39 is 24.8 Å². The van der Waals surface area contributed by atoms with Crippen molar-refractivity contribution in [2.75, 3.05) is 13.5 Å². The molecule has 0 saturated carbocycles. The summed E-state index contributed by atoms with van der Waals surface area (Å²) in [5.74, 6) is -2.23. The Labute approximate surface area is 75.2 Å². The predicted molar refractivity (Wildman–Crippen MR) is 44.0 cm³/mol. The molecule has 68 valence electrons. The number of primary amides is 1. The van der Waals surface area contributed by atoms with Crippen LogP contribution >= 0.6 is 0 Å². The van der Waals surface area contributed by atoms with Crippen LogP contribution in [-0.4, -0.2) is 30.4 Å². The van der Waals surface area contributed by atoms with Crippen LogP contribution in [0.25, 0.3) is 0 Å². The number of carbonyl (C=O) groups excluding carboxylic acids is 1. The number of carbonyl (C=O) groups is 1. The van der Waals surface area contributed by atoms with Crippen molar-refractivity contribution in [1.29, 1.82) is 0 Å². The highest BCUT2D eigenvalue weighted by molar-refractivity contribution is 5.89. The highest BCUT2D eigenvalue weighted by atomic mass is 19.1. The van der Waals surface area contributed by atoms with Gasteiger partial charge in [-0.05, 0) is 32.4 Å². The molecule has 1 aliphatic heterocycles. The third-order valence-electron chi connectivity index (χ3n) is 1.87. The van der Waals surface area contributed by atoms with Gasteiger partial charge in [-0.3, -0.25) is 9.69 Å². The summed E-state index contributed by atoms with van der Waals surface area (Å²) < 4.78 is 34.5. The average Bonchev–Trinajstić information content (AvgIpc) is 2.50. The Bertz CT molecular complexity index is 290. The molecule has 0 aliphatic carbocycles. The van der Waals surface area contributed by atoms with Crippen LogP contribution < -0.4 is 5.73 Å². The molecule has 1 heterocycles. The standard InChI is InChI=1S/C8H13FN2O/c1-11-4-2-3-6(11)5-7(9)8(10)12/h5-6H,2-4H2,1H3,(H2,10,12)/i1D3.